The van der Waals surface area contributed by atoms with E-state index in [1.54, 1.807) is 36.5 Å². The number of hydrogen-bond donors (Lipinski definition) is 2. The van der Waals surface area contributed by atoms with Gasteiger partial charge in [-0.2, -0.15) is 4.31 Å². The molecule has 1 aliphatic carbocycles. The topological polar surface area (TPSA) is 139 Å². The summed E-state index contributed by atoms with van der Waals surface area (Å²) < 4.78 is 32.7. The zero-order valence-electron chi connectivity index (χ0n) is 22.3. The summed E-state index contributed by atoms with van der Waals surface area (Å²) in [5.74, 6) is -1.34. The van der Waals surface area contributed by atoms with Crippen molar-refractivity contribution in [1.82, 2.24) is 14.3 Å². The molecule has 0 radical (unpaired) electrons. The molecule has 2 aromatic carbocycles. The van der Waals surface area contributed by atoms with E-state index in [9.17, 15) is 18.0 Å². The molecule has 0 saturated heterocycles. The number of benzene rings is 2. The van der Waals surface area contributed by atoms with Gasteiger partial charge in [-0.3, -0.25) is 14.9 Å². The number of nitrogens with one attached hydrogen (secondary N) is 1. The number of halogens is 1. The summed E-state index contributed by atoms with van der Waals surface area (Å²) in [4.78, 5) is 33.4. The second-order valence-corrected chi connectivity index (χ2v) is 12.2. The van der Waals surface area contributed by atoms with E-state index in [1.807, 2.05) is 0 Å². The Kier molecular flexibility index (Phi) is 10.1. The maximum atomic E-state index is 13.5. The van der Waals surface area contributed by atoms with Crippen LogP contribution in [-0.4, -0.2) is 66.5 Å². The Labute approximate surface area is 238 Å². The molecule has 0 unspecified atom stereocenters. The normalized spacial score (nSPS) is 15.0. The summed E-state index contributed by atoms with van der Waals surface area (Å²) in [5, 5.41) is 13.1. The molecule has 0 bridgehead atoms. The minimum atomic E-state index is -3.97. The number of amides is 1. The quantitative estimate of drug-likeness (QED) is 0.293. The first-order valence-electron chi connectivity index (χ1n) is 13.2. The fourth-order valence-electron chi connectivity index (χ4n) is 5.04. The average Bonchev–Trinajstić information content (AvgIpc) is 3.45. The third-order valence-electron chi connectivity index (χ3n) is 7.21. The number of sulfonamides is 1. The number of hydrogen-bond acceptors (Lipinski definition) is 7. The molecule has 214 valence electrons. The van der Waals surface area contributed by atoms with Crippen LogP contribution in [-0.2, 0) is 24.3 Å². The number of carboxylic acid groups (broad SMARTS) is 1. The smallest absolute Gasteiger partial charge is 0.304 e. The number of nitrogens with zero attached hydrogens (tertiary/aromatic N) is 3. The van der Waals surface area contributed by atoms with Crippen molar-refractivity contribution in [1.29, 1.82) is 0 Å². The third-order valence-corrected chi connectivity index (χ3v) is 9.45. The molecule has 1 saturated carbocycles. The molecule has 1 fully saturated rings. The molecule has 1 aromatic heterocycles. The predicted molar refractivity (Wildman–Crippen MR) is 152 cm³/mol. The Morgan fingerprint density at radius 2 is 1.88 bits per heavy atom. The van der Waals surface area contributed by atoms with E-state index in [0.717, 1.165) is 30.0 Å². The molecule has 4 rings (SSSR count). The van der Waals surface area contributed by atoms with Crippen LogP contribution in [0, 0.1) is 5.92 Å². The Bertz CT molecular complexity index is 1440. The molecule has 10 nitrogen and oxygen atoms in total. The van der Waals surface area contributed by atoms with Gasteiger partial charge in [-0.05, 0) is 42.2 Å². The van der Waals surface area contributed by atoms with Crippen molar-refractivity contribution in [3.05, 3.63) is 59.2 Å². The second kappa shape index (κ2) is 13.5. The van der Waals surface area contributed by atoms with E-state index in [0.29, 0.717) is 33.8 Å². The molecule has 12 heteroatoms. The van der Waals surface area contributed by atoms with Gasteiger partial charge in [0, 0.05) is 31.8 Å². The Morgan fingerprint density at radius 3 is 2.55 bits per heavy atom. The monoisotopic (exact) mass is 588 g/mol. The van der Waals surface area contributed by atoms with Gasteiger partial charge in [-0.25, -0.2) is 18.4 Å². The first-order valence-corrected chi connectivity index (χ1v) is 15.0. The molecule has 2 N–H and O–H groups in total. The Balaban J connectivity index is 1.57. The number of carbonyl (C=O) groups excluding carboxylic acids is 1. The predicted octanol–water partition coefficient (Wildman–Crippen LogP) is 4.70. The summed E-state index contributed by atoms with van der Waals surface area (Å²) in [6.07, 6.45) is 6.20. The van der Waals surface area contributed by atoms with E-state index < -0.39 is 21.9 Å². The molecule has 0 spiro atoms. The minimum Gasteiger partial charge on any atom is -0.481 e. The van der Waals surface area contributed by atoms with E-state index in [1.165, 1.54) is 19.2 Å². The Morgan fingerprint density at radius 1 is 1.15 bits per heavy atom. The zero-order chi connectivity index (χ0) is 28.7. The Hall–Kier alpha value is -3.12. The van der Waals surface area contributed by atoms with E-state index in [2.05, 4.69) is 15.3 Å². The molecule has 3 aromatic rings. The van der Waals surface area contributed by atoms with Crippen LogP contribution in [0.2, 0.25) is 5.02 Å². The second-order valence-electron chi connectivity index (χ2n) is 9.90. The number of anilines is 1. The van der Waals surface area contributed by atoms with Gasteiger partial charge >= 0.3 is 5.97 Å². The first kappa shape index (κ1) is 29.9. The van der Waals surface area contributed by atoms with Crippen molar-refractivity contribution in [2.24, 2.45) is 5.92 Å². The molecule has 1 amide bonds. The molecule has 1 aliphatic rings. The number of aromatic nitrogens is 2. The fraction of sp³-hybridized carbons (Fsp3) is 0.429. The van der Waals surface area contributed by atoms with Gasteiger partial charge in [-0.15, -0.1) is 0 Å². The summed E-state index contributed by atoms with van der Waals surface area (Å²) in [6, 6.07) is 11.6. The maximum absolute atomic E-state index is 13.5. The summed E-state index contributed by atoms with van der Waals surface area (Å²) >= 11 is 6.22. The van der Waals surface area contributed by atoms with E-state index in [-0.39, 0.29) is 42.9 Å². The van der Waals surface area contributed by atoms with Crippen LogP contribution in [0.4, 0.5) is 5.95 Å². The van der Waals surface area contributed by atoms with Crippen LogP contribution in [0.15, 0.2) is 53.6 Å². The van der Waals surface area contributed by atoms with Crippen molar-refractivity contribution in [3.8, 4) is 0 Å². The number of ether oxygens (including phenoxy) is 1. The highest BCUT2D eigenvalue weighted by molar-refractivity contribution is 7.89. The van der Waals surface area contributed by atoms with Crippen LogP contribution in [0.1, 0.15) is 50.0 Å². The lowest BCUT2D eigenvalue weighted by molar-refractivity contribution is -0.137. The first-order chi connectivity index (χ1) is 19.2. The van der Waals surface area contributed by atoms with Gasteiger partial charge in [0.25, 0.3) is 0 Å². The fourth-order valence-corrected chi connectivity index (χ4v) is 6.68. The van der Waals surface area contributed by atoms with Crippen molar-refractivity contribution >= 4 is 50.4 Å². The van der Waals surface area contributed by atoms with Crippen LogP contribution in [0.25, 0.3) is 10.9 Å². The van der Waals surface area contributed by atoms with Crippen molar-refractivity contribution in [2.45, 2.75) is 49.3 Å². The number of carboxylic acids is 1. The van der Waals surface area contributed by atoms with Gasteiger partial charge in [0.05, 0.1) is 34.4 Å². The van der Waals surface area contributed by atoms with Crippen molar-refractivity contribution in [3.63, 3.8) is 0 Å². The standard InChI is InChI=1S/C28H33ClN4O6S/c1-39-16-15-33(14-13-26(34)35)40(37,38)21-11-9-20(10-12-21)22(17-19-5-2-3-6-19)27(36)32-28-30-18-23-24(29)7-4-8-25(23)31-28/h4,7-12,18-19,22H,2-3,5-6,13-17H2,1H3,(H,34,35)(H,30,31,32,36)/t22-/m1/s1. The molecule has 40 heavy (non-hydrogen) atoms. The van der Waals surface area contributed by atoms with E-state index in [4.69, 9.17) is 21.4 Å². The number of carbonyl (C=O) groups is 2. The van der Waals surface area contributed by atoms with Crippen molar-refractivity contribution < 1.29 is 27.9 Å². The maximum Gasteiger partial charge on any atom is 0.304 e. The van der Waals surface area contributed by atoms with Gasteiger partial charge in [0.2, 0.25) is 21.9 Å². The highest BCUT2D eigenvalue weighted by atomic mass is 35.5. The van der Waals surface area contributed by atoms with Gasteiger partial charge in [0.1, 0.15) is 0 Å². The number of methoxy groups -OCH3 is 1. The molecule has 0 aliphatic heterocycles. The summed E-state index contributed by atoms with van der Waals surface area (Å²) in [6.45, 7) is -0.0202. The lowest BCUT2D eigenvalue weighted by Crippen LogP contribution is -2.35. The molecule has 1 heterocycles. The highest BCUT2D eigenvalue weighted by Crippen LogP contribution is 2.35. The van der Waals surface area contributed by atoms with Crippen LogP contribution in [0.3, 0.4) is 0 Å². The van der Waals surface area contributed by atoms with Crippen LogP contribution >= 0.6 is 11.6 Å². The zero-order valence-corrected chi connectivity index (χ0v) is 23.8. The van der Waals surface area contributed by atoms with Gasteiger partial charge in [-0.1, -0.05) is 55.5 Å². The largest absolute Gasteiger partial charge is 0.481 e. The minimum absolute atomic E-state index is 0.0208. The highest BCUT2D eigenvalue weighted by Gasteiger charge is 2.29. The van der Waals surface area contributed by atoms with E-state index >= 15 is 0 Å². The van der Waals surface area contributed by atoms with Gasteiger partial charge < -0.3 is 9.84 Å². The van der Waals surface area contributed by atoms with Crippen molar-refractivity contribution in [2.75, 3.05) is 32.1 Å². The van der Waals surface area contributed by atoms with Crippen LogP contribution < -0.4 is 5.32 Å². The summed E-state index contributed by atoms with van der Waals surface area (Å²) in [5.41, 5.74) is 1.29. The van der Waals surface area contributed by atoms with Gasteiger partial charge in [0.15, 0.2) is 0 Å². The molecular weight excluding hydrogens is 556 g/mol. The number of fused-ring (bicyclic) bond motifs is 1. The number of aliphatic carboxylic acids is 1. The average molecular weight is 589 g/mol. The number of rotatable bonds is 13. The van der Waals surface area contributed by atoms with Crippen LogP contribution in [0.5, 0.6) is 0 Å². The SMILES string of the molecule is COCCN(CCC(=O)O)S(=O)(=O)c1ccc([C@@H](CC2CCCC2)C(=O)Nc2ncc3c(Cl)cccc3n2)cc1. The lowest BCUT2D eigenvalue weighted by Gasteiger charge is -2.23. The molecule has 1 atom stereocenters. The third kappa shape index (κ3) is 7.34. The molecular formula is C28H33ClN4O6S. The summed E-state index contributed by atoms with van der Waals surface area (Å²) in [7, 11) is -2.52. The lowest BCUT2D eigenvalue weighted by atomic mass is 9.87.